The first-order valence-corrected chi connectivity index (χ1v) is 8.26. The lowest BCUT2D eigenvalue weighted by Crippen LogP contribution is -2.23. The minimum absolute atomic E-state index is 0.509. The lowest BCUT2D eigenvalue weighted by Gasteiger charge is -2.12. The Kier molecular flexibility index (Phi) is 6.27. The van der Waals surface area contributed by atoms with E-state index in [0.29, 0.717) is 5.25 Å². The summed E-state index contributed by atoms with van der Waals surface area (Å²) in [7, 11) is 0. The van der Waals surface area contributed by atoms with Crippen LogP contribution >= 0.6 is 11.8 Å². The van der Waals surface area contributed by atoms with Gasteiger partial charge in [0.25, 0.3) is 0 Å². The first-order chi connectivity index (χ1) is 9.81. The van der Waals surface area contributed by atoms with Gasteiger partial charge in [-0.15, -0.1) is 11.8 Å². The van der Waals surface area contributed by atoms with Crippen LogP contribution < -0.4 is 5.32 Å². The van der Waals surface area contributed by atoms with Crippen molar-refractivity contribution in [2.24, 2.45) is 0 Å². The van der Waals surface area contributed by atoms with Crippen molar-refractivity contribution in [2.45, 2.75) is 43.4 Å². The molecule has 0 radical (unpaired) electrons. The second kappa shape index (κ2) is 8.22. The SMILES string of the molecule is CCCCCNCC(C)Sc1ncnc2ccccc12. The van der Waals surface area contributed by atoms with E-state index in [0.717, 1.165) is 29.0 Å². The van der Waals surface area contributed by atoms with Gasteiger partial charge in [0.05, 0.1) is 5.52 Å². The Morgan fingerprint density at radius 2 is 2.05 bits per heavy atom. The molecule has 4 heteroatoms. The van der Waals surface area contributed by atoms with Crippen molar-refractivity contribution in [3.8, 4) is 0 Å². The van der Waals surface area contributed by atoms with Gasteiger partial charge in [0, 0.05) is 17.2 Å². The molecule has 0 saturated heterocycles. The van der Waals surface area contributed by atoms with Crippen molar-refractivity contribution in [1.29, 1.82) is 0 Å². The summed E-state index contributed by atoms with van der Waals surface area (Å²) in [4.78, 5) is 8.73. The lowest BCUT2D eigenvalue weighted by molar-refractivity contribution is 0.615. The van der Waals surface area contributed by atoms with Crippen LogP contribution in [-0.4, -0.2) is 28.3 Å². The first kappa shape index (κ1) is 15.3. The van der Waals surface area contributed by atoms with Gasteiger partial charge < -0.3 is 5.32 Å². The van der Waals surface area contributed by atoms with Gasteiger partial charge in [0.15, 0.2) is 0 Å². The van der Waals surface area contributed by atoms with Gasteiger partial charge in [-0.05, 0) is 19.0 Å². The van der Waals surface area contributed by atoms with Crippen molar-refractivity contribution >= 4 is 22.7 Å². The molecule has 1 aromatic carbocycles. The number of aromatic nitrogens is 2. The predicted molar refractivity (Wildman–Crippen MR) is 87.3 cm³/mol. The summed E-state index contributed by atoms with van der Waals surface area (Å²) in [5.41, 5.74) is 1.02. The summed E-state index contributed by atoms with van der Waals surface area (Å²) < 4.78 is 0. The number of unbranched alkanes of at least 4 members (excludes halogenated alkanes) is 2. The second-order valence-electron chi connectivity index (χ2n) is 5.04. The molecule has 0 spiro atoms. The van der Waals surface area contributed by atoms with E-state index in [1.54, 1.807) is 6.33 Å². The van der Waals surface area contributed by atoms with Crippen LogP contribution in [-0.2, 0) is 0 Å². The molecule has 0 saturated carbocycles. The first-order valence-electron chi connectivity index (χ1n) is 7.38. The summed E-state index contributed by atoms with van der Waals surface area (Å²) in [6, 6.07) is 8.19. The van der Waals surface area contributed by atoms with Crippen LogP contribution in [0, 0.1) is 0 Å². The van der Waals surface area contributed by atoms with Crippen molar-refractivity contribution in [2.75, 3.05) is 13.1 Å². The lowest BCUT2D eigenvalue weighted by atomic mass is 10.2. The van der Waals surface area contributed by atoms with Crippen LogP contribution in [0.15, 0.2) is 35.6 Å². The Morgan fingerprint density at radius 3 is 2.90 bits per heavy atom. The largest absolute Gasteiger partial charge is 0.316 e. The number of hydrogen-bond donors (Lipinski definition) is 1. The highest BCUT2D eigenvalue weighted by molar-refractivity contribution is 8.00. The van der Waals surface area contributed by atoms with Gasteiger partial charge in [-0.25, -0.2) is 9.97 Å². The molecule has 1 heterocycles. The van der Waals surface area contributed by atoms with E-state index in [1.165, 1.54) is 19.3 Å². The molecule has 3 nitrogen and oxygen atoms in total. The maximum atomic E-state index is 4.43. The number of benzene rings is 1. The number of nitrogens with one attached hydrogen (secondary N) is 1. The molecule has 0 aliphatic heterocycles. The Bertz CT molecular complexity index is 525. The van der Waals surface area contributed by atoms with Crippen molar-refractivity contribution in [1.82, 2.24) is 15.3 Å². The van der Waals surface area contributed by atoms with Crippen LogP contribution in [0.3, 0.4) is 0 Å². The summed E-state index contributed by atoms with van der Waals surface area (Å²) in [6.45, 7) is 6.61. The van der Waals surface area contributed by atoms with E-state index in [1.807, 2.05) is 30.0 Å². The Hall–Kier alpha value is -1.13. The zero-order chi connectivity index (χ0) is 14.2. The molecule has 1 aromatic heterocycles. The number of para-hydroxylation sites is 1. The standard InChI is InChI=1S/C16H23N3S/c1-3-4-7-10-17-11-13(2)20-16-14-8-5-6-9-15(14)18-12-19-16/h5-6,8-9,12-13,17H,3-4,7,10-11H2,1-2H3. The van der Waals surface area contributed by atoms with Gasteiger partial charge >= 0.3 is 0 Å². The molecule has 1 N–H and O–H groups in total. The number of thioether (sulfide) groups is 1. The zero-order valence-electron chi connectivity index (χ0n) is 12.3. The molecule has 0 aliphatic carbocycles. The average molecular weight is 289 g/mol. The summed E-state index contributed by atoms with van der Waals surface area (Å²) in [6.07, 6.45) is 5.51. The maximum Gasteiger partial charge on any atom is 0.117 e. The van der Waals surface area contributed by atoms with Crippen molar-refractivity contribution in [3.05, 3.63) is 30.6 Å². The van der Waals surface area contributed by atoms with E-state index >= 15 is 0 Å². The number of fused-ring (bicyclic) bond motifs is 1. The Morgan fingerprint density at radius 1 is 1.20 bits per heavy atom. The van der Waals surface area contributed by atoms with Crippen LogP contribution in [0.4, 0.5) is 0 Å². The van der Waals surface area contributed by atoms with Crippen LogP contribution in [0.5, 0.6) is 0 Å². The topological polar surface area (TPSA) is 37.8 Å². The van der Waals surface area contributed by atoms with Crippen molar-refractivity contribution in [3.63, 3.8) is 0 Å². The third kappa shape index (κ3) is 4.46. The summed E-state index contributed by atoms with van der Waals surface area (Å²) in [5.74, 6) is 0. The monoisotopic (exact) mass is 289 g/mol. The maximum absolute atomic E-state index is 4.43. The number of hydrogen-bond acceptors (Lipinski definition) is 4. The number of rotatable bonds is 8. The third-order valence-corrected chi connectivity index (χ3v) is 4.33. The van der Waals surface area contributed by atoms with Gasteiger partial charge in [-0.1, -0.05) is 44.9 Å². The molecule has 20 heavy (non-hydrogen) atoms. The van der Waals surface area contributed by atoms with E-state index in [4.69, 9.17) is 0 Å². The Balaban J connectivity index is 1.88. The van der Waals surface area contributed by atoms with E-state index in [9.17, 15) is 0 Å². The van der Waals surface area contributed by atoms with Crippen LogP contribution in [0.2, 0.25) is 0 Å². The summed E-state index contributed by atoms with van der Waals surface area (Å²) in [5, 5.41) is 6.27. The molecule has 0 fully saturated rings. The van der Waals surface area contributed by atoms with Gasteiger partial charge in [0.1, 0.15) is 11.4 Å². The molecule has 1 atom stereocenters. The van der Waals surface area contributed by atoms with Crippen LogP contribution in [0.1, 0.15) is 33.1 Å². The van der Waals surface area contributed by atoms with Gasteiger partial charge in [-0.2, -0.15) is 0 Å². The smallest absolute Gasteiger partial charge is 0.117 e. The molecule has 0 bridgehead atoms. The zero-order valence-corrected chi connectivity index (χ0v) is 13.1. The quantitative estimate of drug-likeness (QED) is 0.454. The molecule has 108 valence electrons. The van der Waals surface area contributed by atoms with E-state index in [2.05, 4.69) is 35.2 Å². The summed E-state index contributed by atoms with van der Waals surface area (Å²) >= 11 is 1.82. The molecule has 1 unspecified atom stereocenters. The number of nitrogens with zero attached hydrogens (tertiary/aromatic N) is 2. The minimum atomic E-state index is 0.509. The highest BCUT2D eigenvalue weighted by Crippen LogP contribution is 2.27. The minimum Gasteiger partial charge on any atom is -0.316 e. The van der Waals surface area contributed by atoms with Gasteiger partial charge in [-0.3, -0.25) is 0 Å². The molecule has 2 aromatic rings. The third-order valence-electron chi connectivity index (χ3n) is 3.21. The van der Waals surface area contributed by atoms with Gasteiger partial charge in [0.2, 0.25) is 0 Å². The molecule has 2 rings (SSSR count). The highest BCUT2D eigenvalue weighted by atomic mass is 32.2. The van der Waals surface area contributed by atoms with E-state index in [-0.39, 0.29) is 0 Å². The molecule has 0 amide bonds. The molecular weight excluding hydrogens is 266 g/mol. The molecular formula is C16H23N3S. The fraction of sp³-hybridized carbons (Fsp3) is 0.500. The highest BCUT2D eigenvalue weighted by Gasteiger charge is 2.08. The van der Waals surface area contributed by atoms with Crippen LogP contribution in [0.25, 0.3) is 10.9 Å². The molecule has 0 aliphatic rings. The fourth-order valence-electron chi connectivity index (χ4n) is 2.11. The average Bonchev–Trinajstić information content (AvgIpc) is 2.47. The van der Waals surface area contributed by atoms with E-state index < -0.39 is 0 Å². The fourth-order valence-corrected chi connectivity index (χ4v) is 3.10. The Labute approximate surface area is 125 Å². The second-order valence-corrected chi connectivity index (χ2v) is 6.46. The normalized spacial score (nSPS) is 12.7. The van der Waals surface area contributed by atoms with Crippen molar-refractivity contribution < 1.29 is 0 Å². The predicted octanol–water partition coefficient (Wildman–Crippen LogP) is 3.89.